The molecular weight excluding hydrogens is 418 g/mol. The Morgan fingerprint density at radius 2 is 2.07 bits per heavy atom. The molecule has 0 spiro atoms. The highest BCUT2D eigenvalue weighted by molar-refractivity contribution is 7.21. The van der Waals surface area contributed by atoms with Crippen molar-refractivity contribution in [3.63, 3.8) is 0 Å². The minimum absolute atomic E-state index is 0.00999. The van der Waals surface area contributed by atoms with E-state index in [9.17, 15) is 14.9 Å². The molecule has 140 valence electrons. The number of nitro benzene ring substituents is 1. The summed E-state index contributed by atoms with van der Waals surface area (Å²) in [4.78, 5) is 28.5. The van der Waals surface area contributed by atoms with Crippen LogP contribution in [0.4, 0.5) is 5.69 Å². The third kappa shape index (κ3) is 3.26. The molecule has 0 saturated heterocycles. The summed E-state index contributed by atoms with van der Waals surface area (Å²) in [6.45, 7) is 4.23. The van der Waals surface area contributed by atoms with Gasteiger partial charge < -0.3 is 4.57 Å². The van der Waals surface area contributed by atoms with Crippen molar-refractivity contribution >= 4 is 66.2 Å². The molecule has 0 fully saturated rings. The first-order valence-corrected chi connectivity index (χ1v) is 10.1. The van der Waals surface area contributed by atoms with Gasteiger partial charge in [-0.2, -0.15) is 4.99 Å². The minimum atomic E-state index is -0.456. The highest BCUT2D eigenvalue weighted by Gasteiger charge is 2.15. The number of carbonyl (C=O) groups is 1. The highest BCUT2D eigenvalue weighted by atomic mass is 35.5. The van der Waals surface area contributed by atoms with Gasteiger partial charge in [0.1, 0.15) is 0 Å². The van der Waals surface area contributed by atoms with Crippen molar-refractivity contribution in [1.82, 2.24) is 4.57 Å². The number of nitro groups is 1. The molecular formula is C19H12ClN3O3S2. The maximum atomic E-state index is 12.8. The second kappa shape index (κ2) is 7.31. The number of hydrogen-bond donors (Lipinski definition) is 0. The number of para-hydroxylation sites is 1. The molecule has 0 radical (unpaired) electrons. The largest absolute Gasteiger partial charge is 0.311 e. The van der Waals surface area contributed by atoms with Crippen LogP contribution in [0.2, 0.25) is 5.02 Å². The van der Waals surface area contributed by atoms with Gasteiger partial charge in [-0.1, -0.05) is 35.1 Å². The number of rotatable bonds is 4. The van der Waals surface area contributed by atoms with E-state index in [0.29, 0.717) is 26.6 Å². The van der Waals surface area contributed by atoms with Gasteiger partial charge in [-0.25, -0.2) is 0 Å². The molecule has 0 aliphatic carbocycles. The zero-order valence-electron chi connectivity index (χ0n) is 14.3. The lowest BCUT2D eigenvalue weighted by molar-refractivity contribution is -0.384. The second-order valence-electron chi connectivity index (χ2n) is 5.88. The summed E-state index contributed by atoms with van der Waals surface area (Å²) < 4.78 is 3.57. The Hall–Kier alpha value is -2.81. The van der Waals surface area contributed by atoms with E-state index >= 15 is 0 Å². The van der Waals surface area contributed by atoms with Gasteiger partial charge in [0.2, 0.25) is 0 Å². The Kier molecular flexibility index (Phi) is 4.84. The molecule has 0 saturated carbocycles. The van der Waals surface area contributed by atoms with Crippen LogP contribution in [0.15, 0.2) is 60.1 Å². The third-order valence-corrected chi connectivity index (χ3v) is 6.53. The van der Waals surface area contributed by atoms with Gasteiger partial charge in [0.05, 0.1) is 25.0 Å². The second-order valence-corrected chi connectivity index (χ2v) is 8.38. The van der Waals surface area contributed by atoms with Crippen LogP contribution in [-0.2, 0) is 6.54 Å². The number of fused-ring (bicyclic) bond motifs is 2. The number of hydrogen-bond acceptors (Lipinski definition) is 5. The van der Waals surface area contributed by atoms with Crippen molar-refractivity contribution in [2.24, 2.45) is 4.99 Å². The molecule has 1 amide bonds. The molecule has 0 unspecified atom stereocenters. The number of non-ortho nitro benzene ring substituents is 1. The van der Waals surface area contributed by atoms with E-state index in [1.807, 2.05) is 16.7 Å². The Balaban J connectivity index is 1.83. The number of nitrogens with zero attached hydrogens (tertiary/aromatic N) is 3. The monoisotopic (exact) mass is 429 g/mol. The fraction of sp³-hybridized carbons (Fsp3) is 0.0526. The van der Waals surface area contributed by atoms with Gasteiger partial charge >= 0.3 is 0 Å². The maximum absolute atomic E-state index is 12.8. The van der Waals surface area contributed by atoms with Crippen LogP contribution in [0.3, 0.4) is 0 Å². The van der Waals surface area contributed by atoms with Crippen molar-refractivity contribution in [1.29, 1.82) is 0 Å². The predicted octanol–water partition coefficient (Wildman–Crippen LogP) is 5.41. The first kappa shape index (κ1) is 18.5. The van der Waals surface area contributed by atoms with Gasteiger partial charge in [0.25, 0.3) is 11.6 Å². The zero-order chi connectivity index (χ0) is 19.8. The number of thiophene rings is 1. The molecule has 0 bridgehead atoms. The molecule has 9 heteroatoms. The molecule has 2 aromatic carbocycles. The zero-order valence-corrected chi connectivity index (χ0v) is 16.7. The Labute approximate surface area is 171 Å². The quantitative estimate of drug-likeness (QED) is 0.247. The average Bonchev–Trinajstić information content (AvgIpc) is 3.24. The summed E-state index contributed by atoms with van der Waals surface area (Å²) in [6, 6.07) is 11.7. The van der Waals surface area contributed by atoms with Gasteiger partial charge in [-0.05, 0) is 24.3 Å². The van der Waals surface area contributed by atoms with E-state index in [4.69, 9.17) is 11.6 Å². The molecule has 2 aromatic heterocycles. The van der Waals surface area contributed by atoms with Crippen LogP contribution >= 0.6 is 34.3 Å². The van der Waals surface area contributed by atoms with E-state index in [0.717, 1.165) is 14.9 Å². The summed E-state index contributed by atoms with van der Waals surface area (Å²) in [5, 5.41) is 12.2. The topological polar surface area (TPSA) is 77.5 Å². The number of halogens is 1. The standard InChI is InChI=1S/C19H12ClN3O3S2/c1-2-8-22-17-13(20)4-3-5-15(17)28-19(22)21-18(24)16-10-11-9-12(23(25)26)6-7-14(11)27-16/h2-7,9-10H,1,8H2. The van der Waals surface area contributed by atoms with Gasteiger partial charge in [0, 0.05) is 28.8 Å². The molecule has 0 aliphatic heterocycles. The number of benzene rings is 2. The molecule has 28 heavy (non-hydrogen) atoms. The third-order valence-electron chi connectivity index (χ3n) is 4.08. The van der Waals surface area contributed by atoms with Crippen LogP contribution < -0.4 is 4.80 Å². The molecule has 0 atom stereocenters. The van der Waals surface area contributed by atoms with Crippen molar-refractivity contribution in [2.45, 2.75) is 6.54 Å². The van der Waals surface area contributed by atoms with Crippen molar-refractivity contribution in [3.8, 4) is 0 Å². The molecule has 4 aromatic rings. The van der Waals surface area contributed by atoms with E-state index in [2.05, 4.69) is 11.6 Å². The molecule has 6 nitrogen and oxygen atoms in total. The van der Waals surface area contributed by atoms with Crippen LogP contribution in [0.25, 0.3) is 20.3 Å². The van der Waals surface area contributed by atoms with Gasteiger partial charge in [0.15, 0.2) is 4.80 Å². The summed E-state index contributed by atoms with van der Waals surface area (Å²) in [6.07, 6.45) is 1.72. The minimum Gasteiger partial charge on any atom is -0.311 e. The van der Waals surface area contributed by atoms with Crippen molar-refractivity contribution < 1.29 is 9.72 Å². The fourth-order valence-electron chi connectivity index (χ4n) is 2.86. The smallest absolute Gasteiger partial charge is 0.289 e. The van der Waals surface area contributed by atoms with Crippen LogP contribution in [0, 0.1) is 10.1 Å². The Morgan fingerprint density at radius 1 is 1.25 bits per heavy atom. The van der Waals surface area contributed by atoms with Crippen molar-refractivity contribution in [2.75, 3.05) is 0 Å². The van der Waals surface area contributed by atoms with Crippen molar-refractivity contribution in [3.05, 3.63) is 79.9 Å². The van der Waals surface area contributed by atoms with Gasteiger partial charge in [-0.3, -0.25) is 14.9 Å². The Morgan fingerprint density at radius 3 is 2.82 bits per heavy atom. The molecule has 4 rings (SSSR count). The predicted molar refractivity (Wildman–Crippen MR) is 113 cm³/mol. The van der Waals surface area contributed by atoms with Crippen LogP contribution in [0.5, 0.6) is 0 Å². The first-order valence-electron chi connectivity index (χ1n) is 8.13. The lowest BCUT2D eigenvalue weighted by Crippen LogP contribution is -2.16. The fourth-order valence-corrected chi connectivity index (χ4v) is 5.19. The maximum Gasteiger partial charge on any atom is 0.289 e. The van der Waals surface area contributed by atoms with E-state index < -0.39 is 10.8 Å². The number of thiazole rings is 1. The molecule has 0 N–H and O–H groups in total. The lowest BCUT2D eigenvalue weighted by atomic mass is 10.2. The lowest BCUT2D eigenvalue weighted by Gasteiger charge is -2.02. The SMILES string of the molecule is C=CCn1c(=NC(=O)c2cc3cc([N+](=O)[O-])ccc3s2)sc2cccc(Cl)c21. The Bertz CT molecular complexity index is 1330. The summed E-state index contributed by atoms with van der Waals surface area (Å²) in [5.74, 6) is -0.399. The first-order chi connectivity index (χ1) is 13.5. The summed E-state index contributed by atoms with van der Waals surface area (Å²) in [5.41, 5.74) is 0.803. The molecule has 2 heterocycles. The number of allylic oxidation sites excluding steroid dienone is 1. The summed E-state index contributed by atoms with van der Waals surface area (Å²) >= 11 is 8.96. The molecule has 0 aliphatic rings. The number of amides is 1. The average molecular weight is 430 g/mol. The number of aromatic nitrogens is 1. The van der Waals surface area contributed by atoms with E-state index in [1.165, 1.54) is 34.8 Å². The normalized spacial score (nSPS) is 12.0. The van der Waals surface area contributed by atoms with E-state index in [-0.39, 0.29) is 5.69 Å². The summed E-state index contributed by atoms with van der Waals surface area (Å²) in [7, 11) is 0. The van der Waals surface area contributed by atoms with Crippen LogP contribution in [0.1, 0.15) is 9.67 Å². The van der Waals surface area contributed by atoms with Crippen LogP contribution in [-0.4, -0.2) is 15.4 Å². The highest BCUT2D eigenvalue weighted by Crippen LogP contribution is 2.30. The van der Waals surface area contributed by atoms with Gasteiger partial charge in [-0.15, -0.1) is 17.9 Å². The number of carbonyl (C=O) groups excluding carboxylic acids is 1. The van der Waals surface area contributed by atoms with E-state index in [1.54, 1.807) is 24.3 Å².